The predicted molar refractivity (Wildman–Crippen MR) is 115 cm³/mol. The van der Waals surface area contributed by atoms with Crippen molar-refractivity contribution >= 4 is 22.9 Å². The highest BCUT2D eigenvalue weighted by atomic mass is 16.5. The van der Waals surface area contributed by atoms with Crippen LogP contribution in [0.15, 0.2) is 53.3 Å². The number of esters is 1. The van der Waals surface area contributed by atoms with Crippen molar-refractivity contribution in [1.82, 2.24) is 14.5 Å². The molecular weight excluding hydrogens is 382 g/mol. The van der Waals surface area contributed by atoms with E-state index >= 15 is 0 Å². The maximum Gasteiger partial charge on any atom is 0.329 e. The molecule has 0 aliphatic rings. The molecule has 0 unspecified atom stereocenters. The number of nitrogens with one attached hydrogen (secondary N) is 1. The van der Waals surface area contributed by atoms with Gasteiger partial charge in [-0.15, -0.1) is 0 Å². The van der Waals surface area contributed by atoms with Crippen LogP contribution in [0.25, 0.3) is 11.0 Å². The highest BCUT2D eigenvalue weighted by molar-refractivity contribution is 5.79. The number of fused-ring (bicyclic) bond motifs is 1. The molecule has 0 aliphatic heterocycles. The maximum atomic E-state index is 12.7. The van der Waals surface area contributed by atoms with Crippen LogP contribution in [-0.4, -0.2) is 28.1 Å². The van der Waals surface area contributed by atoms with Crippen LogP contribution in [0, 0.1) is 6.92 Å². The van der Waals surface area contributed by atoms with Gasteiger partial charge in [0.25, 0.3) is 0 Å². The van der Waals surface area contributed by atoms with Gasteiger partial charge in [0, 0.05) is 19.5 Å². The summed E-state index contributed by atoms with van der Waals surface area (Å²) in [5.41, 5.74) is 3.46. The molecule has 1 aromatic heterocycles. The molecule has 0 radical (unpaired) electrons. The Hall–Kier alpha value is -3.35. The summed E-state index contributed by atoms with van der Waals surface area (Å²) in [6.45, 7) is 4.72. The van der Waals surface area contributed by atoms with Crippen LogP contribution in [0.3, 0.4) is 0 Å². The van der Waals surface area contributed by atoms with Crippen LogP contribution < -0.4 is 11.0 Å². The lowest BCUT2D eigenvalue weighted by molar-refractivity contribution is -0.141. The third-order valence-corrected chi connectivity index (χ3v) is 5.22. The minimum absolute atomic E-state index is 0.0421. The van der Waals surface area contributed by atoms with Gasteiger partial charge in [-0.05, 0) is 31.5 Å². The number of nitrogens with zero attached hydrogens (tertiary/aromatic N) is 2. The van der Waals surface area contributed by atoms with Crippen molar-refractivity contribution in [3.8, 4) is 0 Å². The van der Waals surface area contributed by atoms with Gasteiger partial charge in [-0.3, -0.25) is 18.7 Å². The minimum atomic E-state index is -0.487. The van der Waals surface area contributed by atoms with E-state index in [0.29, 0.717) is 6.54 Å². The number of amides is 1. The van der Waals surface area contributed by atoms with Crippen molar-refractivity contribution in [1.29, 1.82) is 0 Å². The van der Waals surface area contributed by atoms with Crippen molar-refractivity contribution < 1.29 is 14.3 Å². The molecule has 1 amide bonds. The topological polar surface area (TPSA) is 82.3 Å². The lowest BCUT2D eigenvalue weighted by Crippen LogP contribution is -2.32. The molecule has 0 aliphatic carbocycles. The number of hydrogen-bond donors (Lipinski definition) is 1. The lowest BCUT2D eigenvalue weighted by atomic mass is 10.0. The Labute approximate surface area is 175 Å². The Kier molecular flexibility index (Phi) is 6.72. The monoisotopic (exact) mass is 409 g/mol. The van der Waals surface area contributed by atoms with E-state index in [0.717, 1.165) is 22.2 Å². The van der Waals surface area contributed by atoms with Gasteiger partial charge in [0.05, 0.1) is 30.6 Å². The first-order valence-corrected chi connectivity index (χ1v) is 10.1. The van der Waals surface area contributed by atoms with E-state index in [-0.39, 0.29) is 31.0 Å². The summed E-state index contributed by atoms with van der Waals surface area (Å²) < 4.78 is 8.10. The number of aromatic nitrogens is 2. The summed E-state index contributed by atoms with van der Waals surface area (Å²) in [4.78, 5) is 37.2. The quantitative estimate of drug-likeness (QED) is 0.580. The molecule has 3 aromatic rings. The second-order valence-corrected chi connectivity index (χ2v) is 7.23. The summed E-state index contributed by atoms with van der Waals surface area (Å²) in [6, 6.07) is 14.7. The lowest BCUT2D eigenvalue weighted by Gasteiger charge is -2.18. The summed E-state index contributed by atoms with van der Waals surface area (Å²) >= 11 is 0. The van der Waals surface area contributed by atoms with Gasteiger partial charge in [-0.25, -0.2) is 4.79 Å². The zero-order chi connectivity index (χ0) is 21.7. The molecule has 1 atom stereocenters. The molecule has 30 heavy (non-hydrogen) atoms. The molecule has 1 heterocycles. The number of para-hydroxylation sites is 2. The van der Waals surface area contributed by atoms with E-state index in [9.17, 15) is 14.4 Å². The van der Waals surface area contributed by atoms with Gasteiger partial charge in [0.15, 0.2) is 0 Å². The Morgan fingerprint density at radius 1 is 1.03 bits per heavy atom. The number of carbonyl (C=O) groups is 2. The third kappa shape index (κ3) is 4.62. The molecule has 3 rings (SSSR count). The molecule has 2 aromatic carbocycles. The normalized spacial score (nSPS) is 12.0. The summed E-state index contributed by atoms with van der Waals surface area (Å²) in [6.07, 6.45) is 0.168. The third-order valence-electron chi connectivity index (χ3n) is 5.22. The van der Waals surface area contributed by atoms with Crippen molar-refractivity contribution in [3.63, 3.8) is 0 Å². The van der Waals surface area contributed by atoms with E-state index in [2.05, 4.69) is 5.32 Å². The molecular formula is C23H27N3O4. The van der Waals surface area contributed by atoms with Gasteiger partial charge in [0.2, 0.25) is 5.91 Å². The van der Waals surface area contributed by atoms with Crippen LogP contribution in [0.5, 0.6) is 0 Å². The van der Waals surface area contributed by atoms with E-state index in [4.69, 9.17) is 4.74 Å². The molecule has 0 saturated carbocycles. The van der Waals surface area contributed by atoms with Gasteiger partial charge in [-0.1, -0.05) is 42.0 Å². The van der Waals surface area contributed by atoms with Crippen LogP contribution in [0.2, 0.25) is 0 Å². The largest absolute Gasteiger partial charge is 0.469 e. The fraction of sp³-hybridized carbons (Fsp3) is 0.348. The molecule has 0 bridgehead atoms. The van der Waals surface area contributed by atoms with E-state index in [1.807, 2.05) is 62.4 Å². The van der Waals surface area contributed by atoms with Crippen LogP contribution in [0.4, 0.5) is 0 Å². The SMILES string of the molecule is CCn1c(=O)n(CCC(=O)N[C@H](CC(=O)OC)c2ccc(C)cc2)c2ccccc21. The Morgan fingerprint density at radius 2 is 1.67 bits per heavy atom. The first kappa shape index (κ1) is 21.4. The Balaban J connectivity index is 1.75. The first-order valence-electron chi connectivity index (χ1n) is 10.1. The number of methoxy groups -OCH3 is 1. The predicted octanol–water partition coefficient (Wildman–Crippen LogP) is 2.94. The zero-order valence-corrected chi connectivity index (χ0v) is 17.6. The number of carbonyl (C=O) groups excluding carboxylic acids is 2. The van der Waals surface area contributed by atoms with Gasteiger partial charge >= 0.3 is 11.7 Å². The number of rotatable bonds is 8. The molecule has 0 spiro atoms. The molecule has 7 nitrogen and oxygen atoms in total. The smallest absolute Gasteiger partial charge is 0.329 e. The summed E-state index contributed by atoms with van der Waals surface area (Å²) in [5, 5.41) is 2.91. The summed E-state index contributed by atoms with van der Waals surface area (Å²) in [7, 11) is 1.33. The minimum Gasteiger partial charge on any atom is -0.469 e. The highest BCUT2D eigenvalue weighted by Crippen LogP contribution is 2.19. The van der Waals surface area contributed by atoms with Gasteiger partial charge < -0.3 is 10.1 Å². The van der Waals surface area contributed by atoms with Gasteiger partial charge in [-0.2, -0.15) is 0 Å². The zero-order valence-electron chi connectivity index (χ0n) is 17.6. The average molecular weight is 409 g/mol. The summed E-state index contributed by atoms with van der Waals surface area (Å²) in [5.74, 6) is -0.632. The Bertz CT molecular complexity index is 1100. The molecule has 7 heteroatoms. The van der Waals surface area contributed by atoms with Crippen molar-refractivity contribution in [2.24, 2.45) is 0 Å². The van der Waals surface area contributed by atoms with Gasteiger partial charge in [0.1, 0.15) is 0 Å². The highest BCUT2D eigenvalue weighted by Gasteiger charge is 2.20. The van der Waals surface area contributed by atoms with Crippen molar-refractivity contribution in [3.05, 3.63) is 70.1 Å². The van der Waals surface area contributed by atoms with Crippen LogP contribution in [0.1, 0.15) is 36.9 Å². The molecule has 1 N–H and O–H groups in total. The molecule has 0 fully saturated rings. The molecule has 0 saturated heterocycles. The van der Waals surface area contributed by atoms with E-state index in [1.165, 1.54) is 7.11 Å². The first-order chi connectivity index (χ1) is 14.4. The number of ether oxygens (including phenoxy) is 1. The second-order valence-electron chi connectivity index (χ2n) is 7.23. The fourth-order valence-electron chi connectivity index (χ4n) is 3.57. The maximum absolute atomic E-state index is 12.7. The number of imidazole rings is 1. The number of hydrogen-bond acceptors (Lipinski definition) is 4. The second kappa shape index (κ2) is 9.43. The molecule has 158 valence electrons. The standard InChI is InChI=1S/C23H27N3O4/c1-4-25-19-7-5-6-8-20(19)26(23(25)29)14-13-21(27)24-18(15-22(28)30-3)17-11-9-16(2)10-12-17/h5-12,18H,4,13-15H2,1-3H3,(H,24,27)/t18-/m1/s1. The van der Waals surface area contributed by atoms with Crippen LogP contribution >= 0.6 is 0 Å². The van der Waals surface area contributed by atoms with Crippen molar-refractivity contribution in [2.45, 2.75) is 45.8 Å². The van der Waals surface area contributed by atoms with Crippen molar-refractivity contribution in [2.75, 3.05) is 7.11 Å². The number of aryl methyl sites for hydroxylation is 3. The van der Waals surface area contributed by atoms with E-state index < -0.39 is 12.0 Å². The Morgan fingerprint density at radius 3 is 2.27 bits per heavy atom. The fourth-order valence-corrected chi connectivity index (χ4v) is 3.57. The van der Waals surface area contributed by atoms with E-state index in [1.54, 1.807) is 9.13 Å². The van der Waals surface area contributed by atoms with Crippen LogP contribution in [-0.2, 0) is 27.4 Å². The number of benzene rings is 2. The average Bonchev–Trinajstić information content (AvgIpc) is 3.02.